The first kappa shape index (κ1) is 10.9. The van der Waals surface area contributed by atoms with Crippen LogP contribution in [0.25, 0.3) is 6.08 Å². The number of carbonyl (C=O) groups excluding carboxylic acids is 1. The van der Waals surface area contributed by atoms with Crippen molar-refractivity contribution in [2.75, 3.05) is 5.75 Å². The Hall–Kier alpha value is -1.16. The molecule has 0 aliphatic rings. The number of carbonyl (C=O) groups is 1. The molecule has 0 amide bonds. The summed E-state index contributed by atoms with van der Waals surface area (Å²) in [6.45, 7) is 1.50. The summed E-state index contributed by atoms with van der Waals surface area (Å²) in [6.07, 6.45) is 4.82. The van der Waals surface area contributed by atoms with Crippen LogP contribution in [0.4, 0.5) is 4.39 Å². The largest absolute Gasteiger partial charge is 0.288 e. The summed E-state index contributed by atoms with van der Waals surface area (Å²) in [7, 11) is 0. The molecule has 0 bridgehead atoms. The molecule has 0 N–H and O–H groups in total. The molecule has 0 saturated carbocycles. The molecule has 14 heavy (non-hydrogen) atoms. The van der Waals surface area contributed by atoms with Crippen LogP contribution in [-0.4, -0.2) is 15.9 Å². The van der Waals surface area contributed by atoms with E-state index in [2.05, 4.69) is 4.98 Å². The summed E-state index contributed by atoms with van der Waals surface area (Å²) in [6, 6.07) is 2.89. The van der Waals surface area contributed by atoms with E-state index >= 15 is 0 Å². The van der Waals surface area contributed by atoms with Gasteiger partial charge >= 0.3 is 0 Å². The van der Waals surface area contributed by atoms with Gasteiger partial charge in [0.15, 0.2) is 5.12 Å². The first-order chi connectivity index (χ1) is 6.70. The summed E-state index contributed by atoms with van der Waals surface area (Å²) < 4.78 is 13.0. The molecule has 0 fully saturated rings. The Morgan fingerprint density at radius 2 is 2.50 bits per heavy atom. The fraction of sp³-hybridized carbons (Fsp3) is 0.200. The van der Waals surface area contributed by atoms with Crippen LogP contribution in [0.15, 0.2) is 24.4 Å². The monoisotopic (exact) mass is 211 g/mol. The van der Waals surface area contributed by atoms with Crippen molar-refractivity contribution in [3.05, 3.63) is 35.9 Å². The molecule has 0 aliphatic heterocycles. The third-order valence-corrected chi connectivity index (χ3v) is 2.21. The van der Waals surface area contributed by atoms with Crippen molar-refractivity contribution in [3.63, 3.8) is 0 Å². The molecule has 1 rings (SSSR count). The topological polar surface area (TPSA) is 30.0 Å². The van der Waals surface area contributed by atoms with E-state index < -0.39 is 0 Å². The average molecular weight is 211 g/mol. The van der Waals surface area contributed by atoms with E-state index in [0.717, 1.165) is 0 Å². The first-order valence-corrected chi connectivity index (χ1v) is 5.09. The van der Waals surface area contributed by atoms with E-state index in [9.17, 15) is 9.18 Å². The molecule has 74 valence electrons. The zero-order chi connectivity index (χ0) is 10.4. The Labute approximate surface area is 86.2 Å². The SMILES string of the molecule is CC(=O)SCC=Cc1ncccc1F. The Morgan fingerprint density at radius 3 is 3.14 bits per heavy atom. The number of aromatic nitrogens is 1. The third-order valence-electron chi connectivity index (χ3n) is 1.45. The Morgan fingerprint density at radius 1 is 1.71 bits per heavy atom. The van der Waals surface area contributed by atoms with Gasteiger partial charge in [0, 0.05) is 18.9 Å². The van der Waals surface area contributed by atoms with E-state index in [1.807, 2.05) is 0 Å². The zero-order valence-electron chi connectivity index (χ0n) is 7.74. The summed E-state index contributed by atoms with van der Waals surface area (Å²) in [5.41, 5.74) is 0.302. The number of rotatable bonds is 3. The molecular formula is C10H10FNOS. The highest BCUT2D eigenvalue weighted by Crippen LogP contribution is 2.06. The molecule has 0 atom stereocenters. The number of hydrogen-bond acceptors (Lipinski definition) is 3. The number of nitrogens with zero attached hydrogens (tertiary/aromatic N) is 1. The van der Waals surface area contributed by atoms with Crippen LogP contribution < -0.4 is 0 Å². The predicted molar refractivity (Wildman–Crippen MR) is 56.4 cm³/mol. The molecule has 1 aromatic heterocycles. The van der Waals surface area contributed by atoms with Crippen LogP contribution in [0.2, 0.25) is 0 Å². The smallest absolute Gasteiger partial charge is 0.186 e. The van der Waals surface area contributed by atoms with Gasteiger partial charge in [0.25, 0.3) is 0 Å². The van der Waals surface area contributed by atoms with Gasteiger partial charge in [0.1, 0.15) is 5.82 Å². The second-order valence-electron chi connectivity index (χ2n) is 2.58. The zero-order valence-corrected chi connectivity index (χ0v) is 8.55. The van der Waals surface area contributed by atoms with Crippen LogP contribution in [0.3, 0.4) is 0 Å². The van der Waals surface area contributed by atoms with Crippen molar-refractivity contribution in [1.29, 1.82) is 0 Å². The fourth-order valence-electron chi connectivity index (χ4n) is 0.846. The van der Waals surface area contributed by atoms with E-state index in [-0.39, 0.29) is 10.9 Å². The summed E-state index contributed by atoms with van der Waals surface area (Å²) in [5.74, 6) is 0.197. The van der Waals surface area contributed by atoms with Crippen molar-refractivity contribution in [2.45, 2.75) is 6.92 Å². The molecule has 0 radical (unpaired) electrons. The molecule has 0 aliphatic carbocycles. The normalized spacial score (nSPS) is 10.7. The van der Waals surface area contributed by atoms with E-state index in [0.29, 0.717) is 11.4 Å². The van der Waals surface area contributed by atoms with Gasteiger partial charge in [-0.25, -0.2) is 4.39 Å². The van der Waals surface area contributed by atoms with E-state index in [4.69, 9.17) is 0 Å². The second-order valence-corrected chi connectivity index (χ2v) is 3.77. The van der Waals surface area contributed by atoms with E-state index in [1.54, 1.807) is 12.2 Å². The van der Waals surface area contributed by atoms with Gasteiger partial charge in [0.05, 0.1) is 5.69 Å². The lowest BCUT2D eigenvalue weighted by molar-refractivity contribution is -0.109. The van der Waals surface area contributed by atoms with Crippen LogP contribution in [0.5, 0.6) is 0 Å². The van der Waals surface area contributed by atoms with Gasteiger partial charge in [-0.05, 0) is 18.2 Å². The standard InChI is InChI=1S/C10H10FNOS/c1-8(13)14-7-3-5-10-9(11)4-2-6-12-10/h2-6H,7H2,1H3. The second kappa shape index (κ2) is 5.54. The highest BCUT2D eigenvalue weighted by Gasteiger charge is 1.96. The number of halogens is 1. The Kier molecular flexibility index (Phi) is 4.32. The van der Waals surface area contributed by atoms with Crippen molar-refractivity contribution < 1.29 is 9.18 Å². The molecule has 1 heterocycles. The maximum absolute atomic E-state index is 13.0. The van der Waals surface area contributed by atoms with Crippen molar-refractivity contribution in [1.82, 2.24) is 4.98 Å². The van der Waals surface area contributed by atoms with Crippen LogP contribution in [0.1, 0.15) is 12.6 Å². The number of pyridine rings is 1. The molecule has 4 heteroatoms. The lowest BCUT2D eigenvalue weighted by atomic mass is 10.3. The molecular weight excluding hydrogens is 201 g/mol. The molecule has 0 unspecified atom stereocenters. The van der Waals surface area contributed by atoms with Crippen LogP contribution in [-0.2, 0) is 4.79 Å². The van der Waals surface area contributed by atoms with Crippen LogP contribution in [0, 0.1) is 5.82 Å². The highest BCUT2D eigenvalue weighted by atomic mass is 32.2. The lowest BCUT2D eigenvalue weighted by Crippen LogP contribution is -1.86. The van der Waals surface area contributed by atoms with Crippen molar-refractivity contribution in [3.8, 4) is 0 Å². The van der Waals surface area contributed by atoms with Crippen molar-refractivity contribution >= 4 is 23.0 Å². The predicted octanol–water partition coefficient (Wildman–Crippen LogP) is 2.51. The first-order valence-electron chi connectivity index (χ1n) is 4.10. The van der Waals surface area contributed by atoms with Crippen LogP contribution >= 0.6 is 11.8 Å². The quantitative estimate of drug-likeness (QED) is 0.769. The highest BCUT2D eigenvalue weighted by molar-refractivity contribution is 8.13. The lowest BCUT2D eigenvalue weighted by Gasteiger charge is -1.93. The number of hydrogen-bond donors (Lipinski definition) is 0. The maximum atomic E-state index is 13.0. The van der Waals surface area contributed by atoms with Gasteiger partial charge in [-0.3, -0.25) is 9.78 Å². The minimum atomic E-state index is -0.350. The molecule has 1 aromatic rings. The average Bonchev–Trinajstić information content (AvgIpc) is 2.15. The Balaban J connectivity index is 2.52. The third kappa shape index (κ3) is 3.70. The van der Waals surface area contributed by atoms with E-state index in [1.165, 1.54) is 37.0 Å². The molecule has 2 nitrogen and oxygen atoms in total. The summed E-state index contributed by atoms with van der Waals surface area (Å²) >= 11 is 1.18. The van der Waals surface area contributed by atoms with Gasteiger partial charge in [0.2, 0.25) is 0 Å². The number of thioether (sulfide) groups is 1. The minimum absolute atomic E-state index is 0.0520. The van der Waals surface area contributed by atoms with Gasteiger partial charge in [-0.1, -0.05) is 17.8 Å². The molecule has 0 aromatic carbocycles. The maximum Gasteiger partial charge on any atom is 0.186 e. The molecule has 0 saturated heterocycles. The minimum Gasteiger partial charge on any atom is -0.288 e. The van der Waals surface area contributed by atoms with Gasteiger partial charge in [-0.2, -0.15) is 0 Å². The fourth-order valence-corrected chi connectivity index (χ4v) is 1.27. The summed E-state index contributed by atoms with van der Waals surface area (Å²) in [5, 5.41) is 0.0520. The Bertz CT molecular complexity index is 352. The van der Waals surface area contributed by atoms with Gasteiger partial charge in [-0.15, -0.1) is 0 Å². The summed E-state index contributed by atoms with van der Waals surface area (Å²) in [4.78, 5) is 14.4. The van der Waals surface area contributed by atoms with Gasteiger partial charge < -0.3 is 0 Å². The van der Waals surface area contributed by atoms with Crippen molar-refractivity contribution in [2.24, 2.45) is 0 Å². The molecule has 0 spiro atoms.